The van der Waals surface area contributed by atoms with Gasteiger partial charge in [-0.1, -0.05) is 59.6 Å². The first kappa shape index (κ1) is 11.1. The van der Waals surface area contributed by atoms with Gasteiger partial charge in [-0.15, -0.1) is 0 Å². The van der Waals surface area contributed by atoms with Crippen molar-refractivity contribution in [1.82, 2.24) is 0 Å². The molecular weight excluding hydrogens is 251 g/mol. The molecule has 2 aromatic rings. The van der Waals surface area contributed by atoms with Crippen LogP contribution in [0, 0.1) is 0 Å². The van der Waals surface area contributed by atoms with Crippen molar-refractivity contribution in [1.29, 1.82) is 0 Å². The quantitative estimate of drug-likeness (QED) is 0.709. The fraction of sp³-hybridized carbons (Fsp3) is 0.200. The normalized spacial score (nSPS) is 16.8. The van der Waals surface area contributed by atoms with Gasteiger partial charge in [-0.2, -0.15) is 0 Å². The zero-order valence-electron chi connectivity index (χ0n) is 9.29. The Morgan fingerprint density at radius 2 is 1.59 bits per heavy atom. The van der Waals surface area contributed by atoms with Gasteiger partial charge < -0.3 is 0 Å². The van der Waals surface area contributed by atoms with E-state index in [4.69, 9.17) is 23.2 Å². The molecule has 86 valence electrons. The van der Waals surface area contributed by atoms with Crippen LogP contribution in [-0.2, 0) is 5.41 Å². The lowest BCUT2D eigenvalue weighted by Gasteiger charge is -2.18. The molecule has 0 aromatic heterocycles. The number of benzene rings is 2. The molecule has 1 aliphatic rings. The molecule has 0 nitrogen and oxygen atoms in total. The van der Waals surface area contributed by atoms with Crippen LogP contribution in [0.5, 0.6) is 0 Å². The fourth-order valence-corrected chi connectivity index (χ4v) is 3.06. The monoisotopic (exact) mass is 262 g/mol. The number of hydrogen-bond acceptors (Lipinski definition) is 0. The largest absolute Gasteiger partial charge is 0.0843 e. The van der Waals surface area contributed by atoms with E-state index in [2.05, 4.69) is 30.3 Å². The second-order valence-corrected chi connectivity index (χ2v) is 5.42. The Morgan fingerprint density at radius 1 is 0.882 bits per heavy atom. The average molecular weight is 263 g/mol. The molecule has 0 N–H and O–H groups in total. The molecule has 1 saturated carbocycles. The summed E-state index contributed by atoms with van der Waals surface area (Å²) in [5, 5.41) is 1.47. The standard InChI is InChI=1S/C15H12Cl2/c16-12-6-7-13(14(17)10-12)15(8-9-15)11-4-2-1-3-5-11/h1-7,10H,8-9H2. The summed E-state index contributed by atoms with van der Waals surface area (Å²) in [6.45, 7) is 0. The van der Waals surface area contributed by atoms with E-state index in [0.717, 1.165) is 5.02 Å². The van der Waals surface area contributed by atoms with Gasteiger partial charge in [-0.05, 0) is 36.1 Å². The van der Waals surface area contributed by atoms with Crippen molar-refractivity contribution in [2.45, 2.75) is 18.3 Å². The van der Waals surface area contributed by atoms with E-state index in [-0.39, 0.29) is 5.41 Å². The molecular formula is C15H12Cl2. The maximum absolute atomic E-state index is 6.32. The van der Waals surface area contributed by atoms with Gasteiger partial charge in [0.25, 0.3) is 0 Å². The molecule has 0 heterocycles. The van der Waals surface area contributed by atoms with E-state index in [1.54, 1.807) is 0 Å². The molecule has 2 aromatic carbocycles. The van der Waals surface area contributed by atoms with Gasteiger partial charge in [0, 0.05) is 15.5 Å². The molecule has 0 amide bonds. The van der Waals surface area contributed by atoms with Crippen molar-refractivity contribution in [2.24, 2.45) is 0 Å². The molecule has 1 fully saturated rings. The SMILES string of the molecule is Clc1ccc(C2(c3ccccc3)CC2)c(Cl)c1. The highest BCUT2D eigenvalue weighted by Crippen LogP contribution is 2.55. The first-order valence-electron chi connectivity index (χ1n) is 5.73. The van der Waals surface area contributed by atoms with Crippen LogP contribution in [0.4, 0.5) is 0 Å². The highest BCUT2D eigenvalue weighted by Gasteiger charge is 2.46. The summed E-state index contributed by atoms with van der Waals surface area (Å²) in [7, 11) is 0. The van der Waals surface area contributed by atoms with Gasteiger partial charge in [0.2, 0.25) is 0 Å². The van der Waals surface area contributed by atoms with Gasteiger partial charge in [0.05, 0.1) is 0 Å². The van der Waals surface area contributed by atoms with Crippen LogP contribution in [0.25, 0.3) is 0 Å². The first-order chi connectivity index (χ1) is 8.22. The van der Waals surface area contributed by atoms with Crippen molar-refractivity contribution in [3.8, 4) is 0 Å². The van der Waals surface area contributed by atoms with Gasteiger partial charge >= 0.3 is 0 Å². The molecule has 0 saturated heterocycles. The van der Waals surface area contributed by atoms with E-state index in [0.29, 0.717) is 5.02 Å². The third kappa shape index (κ3) is 1.86. The molecule has 0 spiro atoms. The van der Waals surface area contributed by atoms with E-state index in [1.807, 2.05) is 18.2 Å². The molecule has 1 aliphatic carbocycles. The molecule has 3 rings (SSSR count). The second-order valence-electron chi connectivity index (χ2n) is 4.57. The lowest BCUT2D eigenvalue weighted by Crippen LogP contribution is -2.08. The highest BCUT2D eigenvalue weighted by molar-refractivity contribution is 6.35. The number of rotatable bonds is 2. The predicted molar refractivity (Wildman–Crippen MR) is 72.9 cm³/mol. The van der Waals surface area contributed by atoms with Gasteiger partial charge in [0.15, 0.2) is 0 Å². The van der Waals surface area contributed by atoms with Crippen molar-refractivity contribution in [3.05, 3.63) is 69.7 Å². The van der Waals surface area contributed by atoms with Gasteiger partial charge in [-0.25, -0.2) is 0 Å². The minimum Gasteiger partial charge on any atom is -0.0843 e. The minimum absolute atomic E-state index is 0.128. The Bertz CT molecular complexity index is 542. The molecule has 0 unspecified atom stereocenters. The smallest absolute Gasteiger partial charge is 0.0461 e. The summed E-state index contributed by atoms with van der Waals surface area (Å²) < 4.78 is 0. The molecule has 17 heavy (non-hydrogen) atoms. The number of hydrogen-bond donors (Lipinski definition) is 0. The lowest BCUT2D eigenvalue weighted by molar-refractivity contribution is 0.848. The summed E-state index contributed by atoms with van der Waals surface area (Å²) in [5.74, 6) is 0. The summed E-state index contributed by atoms with van der Waals surface area (Å²) >= 11 is 12.3. The summed E-state index contributed by atoms with van der Waals surface area (Å²) in [6, 6.07) is 16.4. The topological polar surface area (TPSA) is 0 Å². The third-order valence-corrected chi connectivity index (χ3v) is 4.07. The highest BCUT2D eigenvalue weighted by atomic mass is 35.5. The van der Waals surface area contributed by atoms with Crippen LogP contribution in [0.3, 0.4) is 0 Å². The van der Waals surface area contributed by atoms with Crippen LogP contribution in [0.1, 0.15) is 24.0 Å². The van der Waals surface area contributed by atoms with Gasteiger partial charge in [0.1, 0.15) is 0 Å². The maximum Gasteiger partial charge on any atom is 0.0461 e. The first-order valence-corrected chi connectivity index (χ1v) is 6.49. The summed E-state index contributed by atoms with van der Waals surface area (Å²) in [5.41, 5.74) is 2.68. The Hall–Kier alpha value is -0.980. The van der Waals surface area contributed by atoms with Crippen molar-refractivity contribution in [2.75, 3.05) is 0 Å². The predicted octanol–water partition coefficient (Wildman–Crippen LogP) is 5.07. The summed E-state index contributed by atoms with van der Waals surface area (Å²) in [6.07, 6.45) is 2.33. The molecule has 2 heteroatoms. The zero-order valence-corrected chi connectivity index (χ0v) is 10.8. The van der Waals surface area contributed by atoms with Crippen molar-refractivity contribution < 1.29 is 0 Å². The lowest BCUT2D eigenvalue weighted by atomic mass is 9.88. The van der Waals surface area contributed by atoms with E-state index in [9.17, 15) is 0 Å². The van der Waals surface area contributed by atoms with Crippen molar-refractivity contribution >= 4 is 23.2 Å². The van der Waals surface area contributed by atoms with Crippen LogP contribution < -0.4 is 0 Å². The summed E-state index contributed by atoms with van der Waals surface area (Å²) in [4.78, 5) is 0. The van der Waals surface area contributed by atoms with Crippen LogP contribution in [0.2, 0.25) is 10.0 Å². The Labute approximate surface area is 111 Å². The third-order valence-electron chi connectivity index (χ3n) is 3.52. The maximum atomic E-state index is 6.32. The van der Waals surface area contributed by atoms with E-state index >= 15 is 0 Å². The minimum atomic E-state index is 0.128. The molecule has 0 atom stereocenters. The fourth-order valence-electron chi connectivity index (χ4n) is 2.47. The van der Waals surface area contributed by atoms with Gasteiger partial charge in [-0.3, -0.25) is 0 Å². The van der Waals surface area contributed by atoms with Crippen LogP contribution >= 0.6 is 23.2 Å². The Kier molecular flexibility index (Phi) is 2.65. The zero-order chi connectivity index (χ0) is 11.9. The van der Waals surface area contributed by atoms with Crippen LogP contribution in [0.15, 0.2) is 48.5 Å². The Morgan fingerprint density at radius 3 is 2.18 bits per heavy atom. The second kappa shape index (κ2) is 4.04. The van der Waals surface area contributed by atoms with E-state index in [1.165, 1.54) is 24.0 Å². The van der Waals surface area contributed by atoms with Crippen molar-refractivity contribution in [3.63, 3.8) is 0 Å². The number of halogens is 2. The van der Waals surface area contributed by atoms with Crippen LogP contribution in [-0.4, -0.2) is 0 Å². The molecule has 0 aliphatic heterocycles. The molecule has 0 bridgehead atoms. The van der Waals surface area contributed by atoms with E-state index < -0.39 is 0 Å². The average Bonchev–Trinajstić information content (AvgIpc) is 3.11. The molecule has 0 radical (unpaired) electrons. The Balaban J connectivity index is 2.10.